The fourth-order valence-corrected chi connectivity index (χ4v) is 6.60. The molecule has 1 saturated heterocycles. The van der Waals surface area contributed by atoms with Gasteiger partial charge in [-0.1, -0.05) is 74.0 Å². The van der Waals surface area contributed by atoms with Gasteiger partial charge in [-0.05, 0) is 42.7 Å². The first-order valence-electron chi connectivity index (χ1n) is 15.2. The monoisotopic (exact) mass is 640 g/mol. The van der Waals surface area contributed by atoms with Gasteiger partial charge in [0.2, 0.25) is 5.91 Å². The van der Waals surface area contributed by atoms with Crippen LogP contribution in [-0.4, -0.2) is 53.1 Å². The maximum Gasteiger partial charge on any atom is 0.320 e. The van der Waals surface area contributed by atoms with Gasteiger partial charge in [0.15, 0.2) is 0 Å². The number of likely N-dealkylation sites (tertiary alicyclic amines) is 1. The van der Waals surface area contributed by atoms with Crippen molar-refractivity contribution in [1.29, 1.82) is 5.26 Å². The van der Waals surface area contributed by atoms with Crippen molar-refractivity contribution in [3.63, 3.8) is 0 Å². The minimum Gasteiger partial charge on any atom is -0.490 e. The quantitative estimate of drug-likeness (QED) is 0.261. The lowest BCUT2D eigenvalue weighted by molar-refractivity contribution is -0.142. The zero-order valence-electron chi connectivity index (χ0n) is 26.1. The maximum absolute atomic E-state index is 13.7. The molecule has 1 amide bonds. The molecule has 1 aromatic heterocycles. The summed E-state index contributed by atoms with van der Waals surface area (Å²) in [5, 5.41) is 22.2. The van der Waals surface area contributed by atoms with Crippen LogP contribution in [0.25, 0.3) is 5.57 Å². The van der Waals surface area contributed by atoms with Gasteiger partial charge in [0.1, 0.15) is 42.2 Å². The topological polar surface area (TPSA) is 125 Å². The number of nitriles is 1. The summed E-state index contributed by atoms with van der Waals surface area (Å²) in [6.45, 7) is 5.11. The number of aromatic nitrogens is 1. The number of carbonyl (C=O) groups is 2. The third kappa shape index (κ3) is 6.50. The lowest BCUT2D eigenvalue weighted by Gasteiger charge is -2.46. The van der Waals surface area contributed by atoms with Gasteiger partial charge in [-0.2, -0.15) is 5.26 Å². The lowest BCUT2D eigenvalue weighted by atomic mass is 9.58. The smallest absolute Gasteiger partial charge is 0.320 e. The van der Waals surface area contributed by atoms with E-state index in [1.54, 1.807) is 31.4 Å². The first-order valence-corrected chi connectivity index (χ1v) is 15.5. The van der Waals surface area contributed by atoms with Crippen LogP contribution < -0.4 is 14.8 Å². The predicted octanol–water partition coefficient (Wildman–Crippen LogP) is 6.03. The second kappa shape index (κ2) is 13.8. The number of carboxylic acids is 1. The van der Waals surface area contributed by atoms with Crippen LogP contribution >= 0.6 is 11.6 Å². The van der Waals surface area contributed by atoms with E-state index in [0.29, 0.717) is 52.7 Å². The number of hydrogen-bond donors (Lipinski definition) is 2. The fraction of sp³-hybridized carbons (Fsp3) is 0.333. The molecule has 1 unspecified atom stereocenters. The number of nitrogens with one attached hydrogen (secondary N) is 1. The molecule has 3 aromatic rings. The van der Waals surface area contributed by atoms with Crippen LogP contribution in [-0.2, 0) is 22.7 Å². The van der Waals surface area contributed by atoms with E-state index < -0.39 is 22.8 Å². The normalized spacial score (nSPS) is 20.4. The van der Waals surface area contributed by atoms with E-state index in [9.17, 15) is 20.0 Å². The molecule has 2 atom stereocenters. The fourth-order valence-electron chi connectivity index (χ4n) is 6.36. The number of allylic oxidation sites excluding steroid dienone is 3. The summed E-state index contributed by atoms with van der Waals surface area (Å²) in [4.78, 5) is 31.6. The van der Waals surface area contributed by atoms with Crippen LogP contribution in [0.1, 0.15) is 48.9 Å². The Kier molecular flexibility index (Phi) is 9.80. The van der Waals surface area contributed by atoms with Gasteiger partial charge in [0.25, 0.3) is 0 Å². The van der Waals surface area contributed by atoms with E-state index in [4.69, 9.17) is 21.1 Å². The summed E-state index contributed by atoms with van der Waals surface area (Å²) in [5.74, 6) is -0.283. The molecular weight excluding hydrogens is 604 g/mol. The third-order valence-corrected chi connectivity index (χ3v) is 9.36. The molecule has 10 heteroatoms. The summed E-state index contributed by atoms with van der Waals surface area (Å²) in [6.07, 6.45) is 10.2. The molecule has 2 aliphatic rings. The number of pyridine rings is 1. The minimum atomic E-state index is -1.08. The van der Waals surface area contributed by atoms with Crippen LogP contribution in [0.15, 0.2) is 79.2 Å². The summed E-state index contributed by atoms with van der Waals surface area (Å²) >= 11 is 6.82. The molecule has 238 valence electrons. The average molecular weight is 641 g/mol. The van der Waals surface area contributed by atoms with Crippen LogP contribution in [0.5, 0.6) is 11.5 Å². The van der Waals surface area contributed by atoms with E-state index >= 15 is 0 Å². The zero-order valence-corrected chi connectivity index (χ0v) is 26.9. The highest BCUT2D eigenvalue weighted by Crippen LogP contribution is 2.52. The van der Waals surface area contributed by atoms with E-state index in [-0.39, 0.29) is 19.1 Å². The standard InChI is InChI=1S/C36H37ClN4O5/c1-35(2)28(26-9-5-4-6-10-26)11-7-13-36(35,34(44)39-3)23-46-32-17-31(45-22-25-15-24(18-38)19-40-20-25)27(16-29(32)37)21-41-14-8-12-30(41)33(42)43/h4-7,9-11,13,15-17,19-20,30H,8,12,14,21-23H2,1-3H3,(H,39,44)(H,42,43)/t30-,36?/m0/s1. The molecule has 2 aromatic carbocycles. The van der Waals surface area contributed by atoms with Crippen LogP contribution in [0.3, 0.4) is 0 Å². The molecular formula is C36H37ClN4O5. The zero-order chi connectivity index (χ0) is 32.9. The Morgan fingerprint density at radius 1 is 1.15 bits per heavy atom. The summed E-state index contributed by atoms with van der Waals surface area (Å²) in [7, 11) is 1.61. The number of aliphatic carboxylic acids is 1. The molecule has 0 saturated carbocycles. The first-order chi connectivity index (χ1) is 22.1. The van der Waals surface area contributed by atoms with E-state index in [1.165, 1.54) is 6.20 Å². The second-order valence-electron chi connectivity index (χ2n) is 12.1. The number of ether oxygens (including phenoxy) is 2. The highest BCUT2D eigenvalue weighted by Gasteiger charge is 2.53. The Labute approximate surface area is 274 Å². The lowest BCUT2D eigenvalue weighted by Crippen LogP contribution is -2.53. The van der Waals surface area contributed by atoms with Gasteiger partial charge in [0, 0.05) is 48.6 Å². The van der Waals surface area contributed by atoms with Crippen LogP contribution in [0.4, 0.5) is 0 Å². The van der Waals surface area contributed by atoms with Crippen molar-refractivity contribution in [1.82, 2.24) is 15.2 Å². The number of hydrogen-bond acceptors (Lipinski definition) is 7. The molecule has 1 aliphatic heterocycles. The summed E-state index contributed by atoms with van der Waals surface area (Å²) < 4.78 is 12.7. The molecule has 2 N–H and O–H groups in total. The van der Waals surface area contributed by atoms with Crippen LogP contribution in [0.2, 0.25) is 5.02 Å². The molecule has 0 spiro atoms. The van der Waals surface area contributed by atoms with Crippen molar-refractivity contribution in [2.75, 3.05) is 20.2 Å². The van der Waals surface area contributed by atoms with Gasteiger partial charge in [-0.25, -0.2) is 0 Å². The number of halogens is 1. The van der Waals surface area contributed by atoms with Crippen molar-refractivity contribution in [3.05, 3.63) is 106 Å². The number of carboxylic acid groups (broad SMARTS) is 1. The first kappa shape index (κ1) is 32.7. The van der Waals surface area contributed by atoms with E-state index in [1.807, 2.05) is 67.3 Å². The molecule has 0 bridgehead atoms. The number of benzene rings is 2. The summed E-state index contributed by atoms with van der Waals surface area (Å²) in [6, 6.07) is 16.6. The Morgan fingerprint density at radius 2 is 1.93 bits per heavy atom. The third-order valence-electron chi connectivity index (χ3n) is 9.06. The van der Waals surface area contributed by atoms with Crippen molar-refractivity contribution in [2.45, 2.75) is 45.9 Å². The maximum atomic E-state index is 13.7. The minimum absolute atomic E-state index is 0.0137. The van der Waals surface area contributed by atoms with E-state index in [0.717, 1.165) is 17.6 Å². The average Bonchev–Trinajstić information content (AvgIpc) is 3.53. The van der Waals surface area contributed by atoms with Crippen molar-refractivity contribution >= 4 is 29.1 Å². The molecule has 46 heavy (non-hydrogen) atoms. The van der Waals surface area contributed by atoms with Gasteiger partial charge in [-0.3, -0.25) is 19.5 Å². The predicted molar refractivity (Wildman–Crippen MR) is 175 cm³/mol. The number of rotatable bonds is 11. The van der Waals surface area contributed by atoms with Gasteiger partial charge in [-0.15, -0.1) is 0 Å². The van der Waals surface area contributed by atoms with Crippen molar-refractivity contribution < 1.29 is 24.2 Å². The molecule has 1 aliphatic carbocycles. The van der Waals surface area contributed by atoms with Crippen LogP contribution in [0, 0.1) is 22.2 Å². The Balaban J connectivity index is 1.47. The Morgan fingerprint density at radius 3 is 2.65 bits per heavy atom. The molecule has 5 rings (SSSR count). The van der Waals surface area contributed by atoms with Crippen molar-refractivity contribution in [2.24, 2.45) is 10.8 Å². The largest absolute Gasteiger partial charge is 0.490 e. The Hall–Kier alpha value is -4.65. The number of nitrogens with zero attached hydrogens (tertiary/aromatic N) is 3. The van der Waals surface area contributed by atoms with Gasteiger partial charge >= 0.3 is 5.97 Å². The molecule has 1 fully saturated rings. The number of amides is 1. The molecule has 0 radical (unpaired) electrons. The molecule has 9 nitrogen and oxygen atoms in total. The summed E-state index contributed by atoms with van der Waals surface area (Å²) in [5.41, 5.74) is 2.06. The van der Waals surface area contributed by atoms with Gasteiger partial charge < -0.3 is 19.9 Å². The second-order valence-corrected chi connectivity index (χ2v) is 12.5. The SMILES string of the molecule is CNC(=O)C1(COc2cc(OCc3cncc(C#N)c3)c(CN3CCC[C@H]3C(=O)O)cc2Cl)C=CC=C(c2ccccc2)C1(C)C. The molecule has 2 heterocycles. The Bertz CT molecular complexity index is 1710. The highest BCUT2D eigenvalue weighted by molar-refractivity contribution is 6.32. The van der Waals surface area contributed by atoms with E-state index in [2.05, 4.69) is 16.4 Å². The van der Waals surface area contributed by atoms with Crippen molar-refractivity contribution in [3.8, 4) is 17.6 Å². The van der Waals surface area contributed by atoms with Gasteiger partial charge in [0.05, 0.1) is 10.6 Å². The highest BCUT2D eigenvalue weighted by atomic mass is 35.5. The number of carbonyl (C=O) groups excluding carboxylic acids is 1.